The van der Waals surface area contributed by atoms with E-state index in [0.29, 0.717) is 12.1 Å². The summed E-state index contributed by atoms with van der Waals surface area (Å²) in [5.74, 6) is 1.54. The van der Waals surface area contributed by atoms with Crippen molar-refractivity contribution in [1.82, 2.24) is 5.32 Å². The molecule has 0 aliphatic carbocycles. The lowest BCUT2D eigenvalue weighted by Crippen LogP contribution is -2.35. The van der Waals surface area contributed by atoms with E-state index in [0.717, 1.165) is 16.8 Å². The van der Waals surface area contributed by atoms with E-state index in [9.17, 15) is 19.2 Å². The Morgan fingerprint density at radius 2 is 1.46 bits per heavy atom. The van der Waals surface area contributed by atoms with Crippen molar-refractivity contribution < 1.29 is 48.0 Å². The summed E-state index contributed by atoms with van der Waals surface area (Å²) < 4.78 is 25.6. The monoisotopic (exact) mass is 632 g/mol. The van der Waals surface area contributed by atoms with Crippen LogP contribution >= 0.6 is 0 Å². The Hall–Kier alpha value is -5.38. The fraction of sp³-hybridized carbons (Fsp3) is 0.294. The van der Waals surface area contributed by atoms with Crippen molar-refractivity contribution in [3.8, 4) is 18.1 Å². The summed E-state index contributed by atoms with van der Waals surface area (Å²) in [5.41, 5.74) is 3.32. The third-order valence-electron chi connectivity index (χ3n) is 6.40. The Morgan fingerprint density at radius 3 is 2.13 bits per heavy atom. The number of aryl methyl sites for hydroxylation is 1. The molecule has 0 bridgehead atoms. The average Bonchev–Trinajstić information content (AvgIpc) is 3.05. The van der Waals surface area contributed by atoms with E-state index >= 15 is 0 Å². The van der Waals surface area contributed by atoms with Gasteiger partial charge in [0.05, 0.1) is 38.5 Å². The van der Waals surface area contributed by atoms with Crippen molar-refractivity contribution in [2.24, 2.45) is 0 Å². The summed E-state index contributed by atoms with van der Waals surface area (Å²) in [6.45, 7) is 2.92. The van der Waals surface area contributed by atoms with Crippen LogP contribution in [0.3, 0.4) is 0 Å². The van der Waals surface area contributed by atoms with Gasteiger partial charge in [-0.2, -0.15) is 0 Å². The molecule has 46 heavy (non-hydrogen) atoms. The number of nitrogens with zero attached hydrogens (tertiary/aromatic N) is 1. The van der Waals surface area contributed by atoms with E-state index in [1.165, 1.54) is 24.3 Å². The van der Waals surface area contributed by atoms with Gasteiger partial charge < -0.3 is 39.0 Å². The second-order valence-corrected chi connectivity index (χ2v) is 9.64. The zero-order valence-corrected chi connectivity index (χ0v) is 25.4. The van der Waals surface area contributed by atoms with Gasteiger partial charge in [-0.1, -0.05) is 42.3 Å². The number of para-hydroxylation sites is 1. The third kappa shape index (κ3) is 12.0. The molecule has 0 atom stereocenters. The van der Waals surface area contributed by atoms with Crippen molar-refractivity contribution in [1.29, 1.82) is 0 Å². The van der Waals surface area contributed by atoms with Crippen LogP contribution in [-0.2, 0) is 30.3 Å². The first-order valence-corrected chi connectivity index (χ1v) is 14.4. The summed E-state index contributed by atoms with van der Waals surface area (Å²) in [6, 6.07) is 20.3. The van der Waals surface area contributed by atoms with Gasteiger partial charge in [-0.15, -0.1) is 6.42 Å². The van der Waals surface area contributed by atoms with Crippen LogP contribution in [0.5, 0.6) is 5.75 Å². The lowest BCUT2D eigenvalue weighted by atomic mass is 10.1. The van der Waals surface area contributed by atoms with E-state index < -0.39 is 18.2 Å². The minimum atomic E-state index is -1.09. The number of benzene rings is 3. The van der Waals surface area contributed by atoms with Crippen molar-refractivity contribution in [3.05, 3.63) is 95.1 Å². The number of carboxylic acids is 1. The Balaban J connectivity index is 1.25. The second kappa shape index (κ2) is 19.1. The van der Waals surface area contributed by atoms with Crippen molar-refractivity contribution in [3.63, 3.8) is 0 Å². The number of hydrogen-bond donors (Lipinski definition) is 2. The number of hydrogen-bond acceptors (Lipinski definition) is 9. The lowest BCUT2D eigenvalue weighted by molar-refractivity contribution is -0.118. The number of rotatable bonds is 17. The van der Waals surface area contributed by atoms with Gasteiger partial charge in [-0.25, -0.2) is 14.4 Å². The number of carboxylic acid groups (broad SMARTS) is 1. The van der Waals surface area contributed by atoms with Gasteiger partial charge in [0.15, 0.2) is 0 Å². The maximum atomic E-state index is 13.2. The minimum Gasteiger partial charge on any atom is -0.478 e. The molecule has 3 aromatic rings. The topological polar surface area (TPSA) is 150 Å². The molecule has 12 nitrogen and oxygen atoms in total. The largest absolute Gasteiger partial charge is 0.513 e. The summed E-state index contributed by atoms with van der Waals surface area (Å²) in [6.07, 6.45) is 4.09. The molecule has 242 valence electrons. The van der Waals surface area contributed by atoms with Crippen molar-refractivity contribution in [2.75, 3.05) is 51.1 Å². The van der Waals surface area contributed by atoms with Crippen LogP contribution in [0.25, 0.3) is 0 Å². The molecule has 2 N–H and O–H groups in total. The highest BCUT2D eigenvalue weighted by molar-refractivity contribution is 5.94. The summed E-state index contributed by atoms with van der Waals surface area (Å²) in [5, 5.41) is 11.5. The first-order chi connectivity index (χ1) is 22.3. The predicted octanol–water partition coefficient (Wildman–Crippen LogP) is 4.57. The van der Waals surface area contributed by atoms with Crippen LogP contribution in [0.15, 0.2) is 72.8 Å². The number of anilines is 1. The van der Waals surface area contributed by atoms with Crippen LogP contribution < -0.4 is 15.0 Å². The highest BCUT2D eigenvalue weighted by Crippen LogP contribution is 2.23. The third-order valence-corrected chi connectivity index (χ3v) is 6.40. The number of carbonyl (C=O) groups is 4. The van der Waals surface area contributed by atoms with Crippen LogP contribution in [0.1, 0.15) is 33.5 Å². The molecule has 0 radical (unpaired) electrons. The van der Waals surface area contributed by atoms with E-state index in [1.54, 1.807) is 4.90 Å². The molecule has 0 saturated heterocycles. The smallest absolute Gasteiger partial charge is 0.478 e. The maximum Gasteiger partial charge on any atom is 0.513 e. The number of alkyl carbamates (subject to hydrolysis) is 1. The molecule has 0 fully saturated rings. The molecule has 0 spiro atoms. The van der Waals surface area contributed by atoms with E-state index in [4.69, 9.17) is 35.2 Å². The predicted molar refractivity (Wildman–Crippen MR) is 168 cm³/mol. The molecular weight excluding hydrogens is 596 g/mol. The first-order valence-electron chi connectivity index (χ1n) is 14.4. The van der Waals surface area contributed by atoms with Crippen molar-refractivity contribution >= 4 is 29.8 Å². The summed E-state index contributed by atoms with van der Waals surface area (Å²) >= 11 is 0. The van der Waals surface area contributed by atoms with Crippen LogP contribution in [0.2, 0.25) is 0 Å². The van der Waals surface area contributed by atoms with E-state index in [2.05, 4.69) is 11.2 Å². The number of aromatic carboxylic acids is 1. The highest BCUT2D eigenvalue weighted by Gasteiger charge is 2.19. The molecule has 0 aromatic heterocycles. The minimum absolute atomic E-state index is 0.000381. The zero-order valence-electron chi connectivity index (χ0n) is 25.4. The van der Waals surface area contributed by atoms with Crippen LogP contribution in [0, 0.1) is 19.3 Å². The van der Waals surface area contributed by atoms with Gasteiger partial charge in [0.2, 0.25) is 5.91 Å². The number of carbonyl (C=O) groups excluding carboxylic acids is 3. The van der Waals surface area contributed by atoms with Crippen LogP contribution in [-0.4, -0.2) is 75.4 Å². The number of amides is 2. The van der Waals surface area contributed by atoms with Crippen molar-refractivity contribution in [2.45, 2.75) is 19.9 Å². The Morgan fingerprint density at radius 1 is 0.826 bits per heavy atom. The quantitative estimate of drug-likeness (QED) is 0.0938. The first kappa shape index (κ1) is 35.1. The van der Waals surface area contributed by atoms with Gasteiger partial charge in [-0.3, -0.25) is 4.79 Å². The second-order valence-electron chi connectivity index (χ2n) is 9.64. The van der Waals surface area contributed by atoms with Gasteiger partial charge in [-0.05, 0) is 54.4 Å². The Kier molecular flexibility index (Phi) is 14.6. The summed E-state index contributed by atoms with van der Waals surface area (Å²) in [7, 11) is 0. The van der Waals surface area contributed by atoms with Crippen LogP contribution in [0.4, 0.5) is 15.3 Å². The standard InChI is InChI=1S/C34H36N2O10/c1-3-26-9-5-6-10-28(26)24-36(30-11-7-4-8-25(30)2)31(37)16-17-35-33(40)44-22-20-42-18-19-43-21-23-45-34(41)46-29-14-12-27(13-15-29)32(38)39/h1,4-15H,16-24H2,2H3,(H,35,40)(H,38,39). The molecule has 12 heteroatoms. The van der Waals surface area contributed by atoms with Gasteiger partial charge in [0.1, 0.15) is 19.0 Å². The highest BCUT2D eigenvalue weighted by atomic mass is 16.7. The lowest BCUT2D eigenvalue weighted by Gasteiger charge is -2.25. The fourth-order valence-corrected chi connectivity index (χ4v) is 4.09. The fourth-order valence-electron chi connectivity index (χ4n) is 4.09. The zero-order chi connectivity index (χ0) is 33.1. The average molecular weight is 633 g/mol. The SMILES string of the molecule is C#Cc1ccccc1CN(C(=O)CCNC(=O)OCCOCCOCCOC(=O)Oc1ccc(C(=O)O)cc1)c1ccccc1C. The number of nitrogens with one attached hydrogen (secondary N) is 1. The molecular formula is C34H36N2O10. The molecule has 0 aliphatic rings. The van der Waals surface area contributed by atoms with Gasteiger partial charge in [0, 0.05) is 24.2 Å². The number of terminal acetylenes is 1. The molecule has 0 heterocycles. The molecule has 0 unspecified atom stereocenters. The van der Waals surface area contributed by atoms with E-state index in [-0.39, 0.29) is 69.8 Å². The number of ether oxygens (including phenoxy) is 5. The molecule has 0 aliphatic heterocycles. The summed E-state index contributed by atoms with van der Waals surface area (Å²) in [4.78, 5) is 49.5. The molecule has 3 rings (SSSR count). The Bertz CT molecular complexity index is 1500. The van der Waals surface area contributed by atoms with Gasteiger partial charge in [0.25, 0.3) is 0 Å². The maximum absolute atomic E-state index is 13.2. The van der Waals surface area contributed by atoms with E-state index in [1.807, 2.05) is 55.5 Å². The van der Waals surface area contributed by atoms with Gasteiger partial charge >= 0.3 is 18.2 Å². The molecule has 2 amide bonds. The Labute approximate surface area is 267 Å². The normalized spacial score (nSPS) is 10.3. The molecule has 3 aromatic carbocycles. The molecule has 0 saturated carbocycles.